The van der Waals surface area contributed by atoms with Gasteiger partial charge < -0.3 is 15.2 Å². The minimum absolute atomic E-state index is 0.0626. The Morgan fingerprint density at radius 3 is 3.19 bits per heavy atom. The van der Waals surface area contributed by atoms with Crippen LogP contribution in [0.4, 0.5) is 10.1 Å². The van der Waals surface area contributed by atoms with Crippen LogP contribution in [0.5, 0.6) is 0 Å². The first-order valence-electron chi connectivity index (χ1n) is 7.15. The lowest BCUT2D eigenvalue weighted by atomic mass is 9.97. The van der Waals surface area contributed by atoms with E-state index >= 15 is 0 Å². The molecule has 21 heavy (non-hydrogen) atoms. The number of rotatable bonds is 4. The van der Waals surface area contributed by atoms with Gasteiger partial charge in [0.15, 0.2) is 0 Å². The topological polar surface area (TPSA) is 61.8 Å². The molecular weight excluding hydrogens is 275 g/mol. The molecule has 2 N–H and O–H groups in total. The maximum absolute atomic E-state index is 13.2. The molecule has 5 nitrogen and oxygen atoms in total. The number of carboxylic acids is 1. The third-order valence-electron chi connectivity index (χ3n) is 4.16. The van der Waals surface area contributed by atoms with E-state index in [9.17, 15) is 9.18 Å². The van der Waals surface area contributed by atoms with Crippen LogP contribution in [0.15, 0.2) is 24.3 Å². The monoisotopic (exact) mass is 294 g/mol. The average molecular weight is 294 g/mol. The van der Waals surface area contributed by atoms with Gasteiger partial charge in [0.05, 0.1) is 24.8 Å². The SMILES string of the molecule is O=C(O)CN1CC[C@@]2(C[C@@H](Nc3cccc(F)c3)CO2)C1. The van der Waals surface area contributed by atoms with Gasteiger partial charge in [-0.2, -0.15) is 0 Å². The number of nitrogens with zero attached hydrogens (tertiary/aromatic N) is 1. The second kappa shape index (κ2) is 5.61. The van der Waals surface area contributed by atoms with Crippen LogP contribution in [0.25, 0.3) is 0 Å². The molecule has 1 aromatic rings. The number of ether oxygens (including phenoxy) is 1. The summed E-state index contributed by atoms with van der Waals surface area (Å²) in [4.78, 5) is 12.7. The molecular formula is C15H19FN2O3. The number of nitrogens with one attached hydrogen (secondary N) is 1. The Kier molecular flexibility index (Phi) is 3.82. The number of halogens is 1. The van der Waals surface area contributed by atoms with Crippen molar-refractivity contribution in [2.24, 2.45) is 0 Å². The van der Waals surface area contributed by atoms with E-state index in [0.29, 0.717) is 13.2 Å². The van der Waals surface area contributed by atoms with Crippen molar-refractivity contribution in [3.63, 3.8) is 0 Å². The Hall–Kier alpha value is -1.66. The minimum Gasteiger partial charge on any atom is -0.480 e. The first-order chi connectivity index (χ1) is 10.0. The lowest BCUT2D eigenvalue weighted by Crippen LogP contribution is -2.35. The number of anilines is 1. The van der Waals surface area contributed by atoms with Gasteiger partial charge in [-0.05, 0) is 24.6 Å². The first kappa shape index (κ1) is 14.3. The Balaban J connectivity index is 1.57. The van der Waals surface area contributed by atoms with Crippen LogP contribution in [-0.2, 0) is 9.53 Å². The summed E-state index contributed by atoms with van der Waals surface area (Å²) >= 11 is 0. The Bertz CT molecular complexity index is 539. The maximum Gasteiger partial charge on any atom is 0.317 e. The van der Waals surface area contributed by atoms with Crippen molar-refractivity contribution in [3.8, 4) is 0 Å². The van der Waals surface area contributed by atoms with Crippen LogP contribution in [-0.4, -0.2) is 53.9 Å². The van der Waals surface area contributed by atoms with Crippen LogP contribution in [0.2, 0.25) is 0 Å². The quantitative estimate of drug-likeness (QED) is 0.882. The number of hydrogen-bond donors (Lipinski definition) is 2. The molecule has 0 aliphatic carbocycles. The molecule has 0 bridgehead atoms. The second-order valence-electron chi connectivity index (χ2n) is 5.90. The summed E-state index contributed by atoms with van der Waals surface area (Å²) < 4.78 is 19.1. The number of carbonyl (C=O) groups is 1. The molecule has 0 unspecified atom stereocenters. The molecule has 2 aliphatic heterocycles. The normalized spacial score (nSPS) is 29.1. The van der Waals surface area contributed by atoms with Crippen LogP contribution >= 0.6 is 0 Å². The van der Waals surface area contributed by atoms with Crippen molar-refractivity contribution in [2.45, 2.75) is 24.5 Å². The largest absolute Gasteiger partial charge is 0.480 e. The zero-order valence-electron chi connectivity index (χ0n) is 11.7. The van der Waals surface area contributed by atoms with E-state index in [1.165, 1.54) is 12.1 Å². The van der Waals surface area contributed by atoms with Gasteiger partial charge in [0.1, 0.15) is 5.82 Å². The summed E-state index contributed by atoms with van der Waals surface area (Å²) in [5, 5.41) is 12.1. The van der Waals surface area contributed by atoms with E-state index in [0.717, 1.165) is 25.1 Å². The van der Waals surface area contributed by atoms with Gasteiger partial charge in [-0.1, -0.05) is 6.07 Å². The molecule has 0 amide bonds. The van der Waals surface area contributed by atoms with E-state index in [2.05, 4.69) is 5.32 Å². The second-order valence-corrected chi connectivity index (χ2v) is 5.90. The van der Waals surface area contributed by atoms with Crippen molar-refractivity contribution in [1.82, 2.24) is 4.90 Å². The average Bonchev–Trinajstić information content (AvgIpc) is 2.97. The lowest BCUT2D eigenvalue weighted by Gasteiger charge is -2.23. The van der Waals surface area contributed by atoms with Crippen molar-refractivity contribution in [1.29, 1.82) is 0 Å². The summed E-state index contributed by atoms with van der Waals surface area (Å²) in [7, 11) is 0. The Morgan fingerprint density at radius 1 is 1.57 bits per heavy atom. The molecule has 0 radical (unpaired) electrons. The zero-order valence-corrected chi connectivity index (χ0v) is 11.7. The zero-order chi connectivity index (χ0) is 14.9. The highest BCUT2D eigenvalue weighted by molar-refractivity contribution is 5.69. The summed E-state index contributed by atoms with van der Waals surface area (Å²) in [6.07, 6.45) is 1.67. The van der Waals surface area contributed by atoms with Gasteiger partial charge in [0.25, 0.3) is 0 Å². The number of aliphatic carboxylic acids is 1. The van der Waals surface area contributed by atoms with E-state index in [-0.39, 0.29) is 24.0 Å². The summed E-state index contributed by atoms with van der Waals surface area (Å²) in [6.45, 7) is 2.03. The standard InChI is InChI=1S/C15H19FN2O3/c16-11-2-1-3-12(6-11)17-13-7-15(21-9-13)4-5-18(10-15)8-14(19)20/h1-3,6,13,17H,4-5,7-10H2,(H,19,20)/t13-,15-/m1/s1. The van der Waals surface area contributed by atoms with Gasteiger partial charge in [-0.3, -0.25) is 9.69 Å². The molecule has 2 aliphatic rings. The van der Waals surface area contributed by atoms with Crippen molar-refractivity contribution >= 4 is 11.7 Å². The van der Waals surface area contributed by atoms with E-state index < -0.39 is 5.97 Å². The highest BCUT2D eigenvalue weighted by atomic mass is 19.1. The molecule has 2 saturated heterocycles. The molecule has 2 heterocycles. The molecule has 1 aromatic carbocycles. The third kappa shape index (κ3) is 3.33. The van der Waals surface area contributed by atoms with Crippen LogP contribution < -0.4 is 5.32 Å². The molecule has 1 spiro atoms. The molecule has 2 fully saturated rings. The van der Waals surface area contributed by atoms with Gasteiger partial charge in [0.2, 0.25) is 0 Å². The fraction of sp³-hybridized carbons (Fsp3) is 0.533. The predicted octanol–water partition coefficient (Wildman–Crippen LogP) is 1.56. The molecule has 3 rings (SSSR count). The molecule has 114 valence electrons. The van der Waals surface area contributed by atoms with E-state index in [1.807, 2.05) is 11.0 Å². The van der Waals surface area contributed by atoms with Gasteiger partial charge in [-0.25, -0.2) is 4.39 Å². The number of likely N-dealkylation sites (tertiary alicyclic amines) is 1. The number of hydrogen-bond acceptors (Lipinski definition) is 4. The Morgan fingerprint density at radius 2 is 2.43 bits per heavy atom. The van der Waals surface area contributed by atoms with E-state index in [1.54, 1.807) is 6.07 Å². The molecule has 2 atom stereocenters. The number of carboxylic acid groups (broad SMARTS) is 1. The van der Waals surface area contributed by atoms with Crippen LogP contribution in [0.3, 0.4) is 0 Å². The molecule has 6 heteroatoms. The summed E-state index contributed by atoms with van der Waals surface area (Å²) in [5.74, 6) is -1.07. The van der Waals surface area contributed by atoms with Gasteiger partial charge in [0, 0.05) is 25.2 Å². The van der Waals surface area contributed by atoms with Crippen LogP contribution in [0, 0.1) is 5.82 Å². The molecule has 0 saturated carbocycles. The third-order valence-corrected chi connectivity index (χ3v) is 4.16. The van der Waals surface area contributed by atoms with Crippen molar-refractivity contribution in [3.05, 3.63) is 30.1 Å². The van der Waals surface area contributed by atoms with Crippen LogP contribution in [0.1, 0.15) is 12.8 Å². The first-order valence-corrected chi connectivity index (χ1v) is 7.15. The lowest BCUT2D eigenvalue weighted by molar-refractivity contribution is -0.138. The van der Waals surface area contributed by atoms with Gasteiger partial charge >= 0.3 is 5.97 Å². The fourth-order valence-corrected chi connectivity index (χ4v) is 3.29. The number of benzene rings is 1. The predicted molar refractivity (Wildman–Crippen MR) is 75.8 cm³/mol. The highest BCUT2D eigenvalue weighted by Crippen LogP contribution is 2.36. The highest BCUT2D eigenvalue weighted by Gasteiger charge is 2.45. The Labute approximate surface area is 122 Å². The fourth-order valence-electron chi connectivity index (χ4n) is 3.29. The van der Waals surface area contributed by atoms with E-state index in [4.69, 9.17) is 9.84 Å². The van der Waals surface area contributed by atoms with Gasteiger partial charge in [-0.15, -0.1) is 0 Å². The molecule has 0 aromatic heterocycles. The van der Waals surface area contributed by atoms with Crippen molar-refractivity contribution in [2.75, 3.05) is 31.6 Å². The van der Waals surface area contributed by atoms with Crippen molar-refractivity contribution < 1.29 is 19.0 Å². The minimum atomic E-state index is -0.806. The summed E-state index contributed by atoms with van der Waals surface area (Å²) in [6, 6.07) is 6.53. The summed E-state index contributed by atoms with van der Waals surface area (Å²) in [5.41, 5.74) is 0.501. The smallest absolute Gasteiger partial charge is 0.317 e. The maximum atomic E-state index is 13.2.